The van der Waals surface area contributed by atoms with Gasteiger partial charge in [-0.3, -0.25) is 9.59 Å². The number of H-pyrrole nitrogens is 1. The van der Waals surface area contributed by atoms with E-state index in [4.69, 9.17) is 20.9 Å². The normalized spacial score (nSPS) is 13.8. The summed E-state index contributed by atoms with van der Waals surface area (Å²) in [6, 6.07) is 16.3. The quantitative estimate of drug-likeness (QED) is 0.165. The van der Waals surface area contributed by atoms with Crippen LogP contribution in [0.25, 0.3) is 16.6 Å². The van der Waals surface area contributed by atoms with Gasteiger partial charge >= 0.3 is 0 Å². The van der Waals surface area contributed by atoms with Crippen molar-refractivity contribution in [3.63, 3.8) is 0 Å². The minimum absolute atomic E-state index is 0.0445. The lowest BCUT2D eigenvalue weighted by Crippen LogP contribution is -2.41. The first kappa shape index (κ1) is 31.7. The largest absolute Gasteiger partial charge is 0.487 e. The molecule has 244 valence electrons. The third kappa shape index (κ3) is 6.52. The van der Waals surface area contributed by atoms with Gasteiger partial charge in [0.25, 0.3) is 6.43 Å². The van der Waals surface area contributed by atoms with Crippen LogP contribution in [0.15, 0.2) is 66.9 Å². The van der Waals surface area contributed by atoms with Gasteiger partial charge in [-0.15, -0.1) is 0 Å². The molecule has 5 N–H and O–H groups in total. The summed E-state index contributed by atoms with van der Waals surface area (Å²) in [6.07, 6.45) is -0.0594. The zero-order valence-electron chi connectivity index (χ0n) is 25.5. The first-order valence-corrected chi connectivity index (χ1v) is 15.1. The number of aryl methyl sites for hydroxylation is 1. The smallest absolute Gasteiger partial charge is 0.272 e. The summed E-state index contributed by atoms with van der Waals surface area (Å²) in [5, 5.41) is 4.96. The van der Waals surface area contributed by atoms with Gasteiger partial charge in [-0.25, -0.2) is 17.9 Å². The van der Waals surface area contributed by atoms with Crippen molar-refractivity contribution in [1.82, 2.24) is 19.7 Å². The minimum Gasteiger partial charge on any atom is -0.487 e. The van der Waals surface area contributed by atoms with Crippen molar-refractivity contribution in [2.75, 3.05) is 32.0 Å². The summed E-state index contributed by atoms with van der Waals surface area (Å²) in [5.41, 5.74) is 15.0. The summed E-state index contributed by atoms with van der Waals surface area (Å²) in [5.74, 6) is -0.144. The molecule has 1 amide bonds. The maximum atomic E-state index is 14.1. The van der Waals surface area contributed by atoms with Crippen LogP contribution >= 0.6 is 0 Å². The Labute approximate surface area is 268 Å². The number of likely N-dealkylation sites (tertiary alicyclic amines) is 1. The van der Waals surface area contributed by atoms with Crippen LogP contribution in [0.1, 0.15) is 45.9 Å². The third-order valence-corrected chi connectivity index (χ3v) is 8.33. The van der Waals surface area contributed by atoms with Gasteiger partial charge in [0, 0.05) is 24.0 Å². The van der Waals surface area contributed by atoms with E-state index in [1.807, 2.05) is 13.0 Å². The Morgan fingerprint density at radius 3 is 2.53 bits per heavy atom. The number of aromatic amines is 1. The summed E-state index contributed by atoms with van der Waals surface area (Å²) in [4.78, 5) is 30.6. The number of alkyl halides is 2. The number of nitrogens with two attached hydrogens (primary N) is 2. The predicted molar refractivity (Wildman–Crippen MR) is 170 cm³/mol. The number of carbonyl (C=O) groups is 2. The third-order valence-electron chi connectivity index (χ3n) is 8.33. The molecular formula is C34H33F3N6O4. The second-order valence-corrected chi connectivity index (χ2v) is 11.4. The van der Waals surface area contributed by atoms with Crippen molar-refractivity contribution in [2.45, 2.75) is 32.1 Å². The van der Waals surface area contributed by atoms with E-state index < -0.39 is 24.6 Å². The van der Waals surface area contributed by atoms with E-state index in [1.54, 1.807) is 47.4 Å². The standard InChI is InChI=1S/C34H33F3N6O4/c1-19-12-22(47-29-5-3-2-4-25(29)35)6-7-28(19)43-34(39)24(17-40-43)33(45)27-13-21-14-30(46-18-31(36)37)23(15-26(21)41-27)20-8-10-42(11-9-20)32(44)16-38/h2-7,12-15,17,20,31,41H,8-11,16,18,38-39H2,1H3. The van der Waals surface area contributed by atoms with E-state index in [-0.39, 0.29) is 41.2 Å². The van der Waals surface area contributed by atoms with E-state index in [1.165, 1.54) is 23.0 Å². The van der Waals surface area contributed by atoms with Crippen LogP contribution < -0.4 is 20.9 Å². The van der Waals surface area contributed by atoms with Crippen LogP contribution in [0.2, 0.25) is 0 Å². The number of fused-ring (bicyclic) bond motifs is 1. The molecule has 5 aromatic rings. The molecule has 1 fully saturated rings. The number of ether oxygens (including phenoxy) is 2. The molecular weight excluding hydrogens is 613 g/mol. The maximum absolute atomic E-state index is 14.1. The molecule has 0 atom stereocenters. The molecule has 2 aromatic heterocycles. The molecule has 1 aliphatic rings. The maximum Gasteiger partial charge on any atom is 0.272 e. The van der Waals surface area contributed by atoms with Crippen molar-refractivity contribution in [3.8, 4) is 22.9 Å². The highest BCUT2D eigenvalue weighted by Gasteiger charge is 2.27. The number of rotatable bonds is 10. The molecule has 10 nitrogen and oxygen atoms in total. The molecule has 0 spiro atoms. The molecule has 0 aliphatic carbocycles. The fraction of sp³-hybridized carbons (Fsp3) is 0.265. The molecule has 3 heterocycles. The first-order valence-electron chi connectivity index (χ1n) is 15.1. The highest BCUT2D eigenvalue weighted by molar-refractivity contribution is 6.12. The number of nitrogens with one attached hydrogen (secondary N) is 1. The zero-order valence-corrected chi connectivity index (χ0v) is 25.5. The fourth-order valence-electron chi connectivity index (χ4n) is 5.92. The molecule has 47 heavy (non-hydrogen) atoms. The van der Waals surface area contributed by atoms with Crippen molar-refractivity contribution >= 4 is 28.4 Å². The lowest BCUT2D eigenvalue weighted by molar-refractivity contribution is -0.130. The number of benzene rings is 3. The highest BCUT2D eigenvalue weighted by atomic mass is 19.3. The summed E-state index contributed by atoms with van der Waals surface area (Å²) in [6.45, 7) is 1.96. The summed E-state index contributed by atoms with van der Waals surface area (Å²) in [7, 11) is 0. The number of halogens is 3. The molecule has 1 saturated heterocycles. The van der Waals surface area contributed by atoms with Gasteiger partial charge in [-0.1, -0.05) is 12.1 Å². The molecule has 0 unspecified atom stereocenters. The first-order chi connectivity index (χ1) is 22.6. The minimum atomic E-state index is -2.66. The highest BCUT2D eigenvalue weighted by Crippen LogP contribution is 2.38. The summed E-state index contributed by atoms with van der Waals surface area (Å²) < 4.78 is 53.0. The van der Waals surface area contributed by atoms with Gasteiger partial charge < -0.3 is 30.8 Å². The number of piperidine rings is 1. The number of carbonyl (C=O) groups excluding carboxylic acids is 2. The second kappa shape index (κ2) is 13.2. The van der Waals surface area contributed by atoms with Gasteiger partial charge in [0.2, 0.25) is 11.7 Å². The van der Waals surface area contributed by atoms with E-state index in [9.17, 15) is 22.8 Å². The van der Waals surface area contributed by atoms with Crippen LogP contribution in [0.5, 0.6) is 17.2 Å². The van der Waals surface area contributed by atoms with E-state index in [0.717, 1.165) is 11.1 Å². The number of nitrogens with zero attached hydrogens (tertiary/aromatic N) is 3. The molecule has 3 aromatic carbocycles. The molecule has 0 saturated carbocycles. The van der Waals surface area contributed by atoms with E-state index in [0.29, 0.717) is 54.0 Å². The number of ketones is 1. The lowest BCUT2D eigenvalue weighted by Gasteiger charge is -2.32. The molecule has 13 heteroatoms. The number of para-hydroxylation sites is 1. The van der Waals surface area contributed by atoms with Gasteiger partial charge in [-0.05, 0) is 85.3 Å². The van der Waals surface area contributed by atoms with E-state index in [2.05, 4.69) is 10.1 Å². The van der Waals surface area contributed by atoms with Crippen molar-refractivity contribution < 1.29 is 32.2 Å². The Kier molecular flexibility index (Phi) is 8.90. The van der Waals surface area contributed by atoms with Crippen molar-refractivity contribution in [2.24, 2.45) is 5.73 Å². The van der Waals surface area contributed by atoms with E-state index >= 15 is 0 Å². The molecule has 6 rings (SSSR count). The van der Waals surface area contributed by atoms with Gasteiger partial charge in [0.15, 0.2) is 11.6 Å². The fourth-order valence-corrected chi connectivity index (χ4v) is 5.92. The average Bonchev–Trinajstić information content (AvgIpc) is 3.66. The Hall–Kier alpha value is -5.30. The van der Waals surface area contributed by atoms with Gasteiger partial charge in [0.05, 0.1) is 29.7 Å². The van der Waals surface area contributed by atoms with Crippen LogP contribution in [-0.2, 0) is 4.79 Å². The van der Waals surface area contributed by atoms with Gasteiger partial charge in [0.1, 0.15) is 23.9 Å². The average molecular weight is 647 g/mol. The summed E-state index contributed by atoms with van der Waals surface area (Å²) >= 11 is 0. The Morgan fingerprint density at radius 1 is 1.06 bits per heavy atom. The number of hydrogen-bond donors (Lipinski definition) is 3. The van der Waals surface area contributed by atoms with Crippen LogP contribution in [0.4, 0.5) is 19.0 Å². The zero-order chi connectivity index (χ0) is 33.2. The van der Waals surface area contributed by atoms with Gasteiger partial charge in [-0.2, -0.15) is 5.10 Å². The Balaban J connectivity index is 1.26. The SMILES string of the molecule is Cc1cc(Oc2ccccc2F)ccc1-n1ncc(C(=O)c2cc3cc(OCC(F)F)c(C4CCN(C(=O)CN)CC4)cc3[nH]2)c1N. The molecule has 0 bridgehead atoms. The number of hydrogen-bond acceptors (Lipinski definition) is 7. The van der Waals surface area contributed by atoms with Crippen LogP contribution in [0, 0.1) is 12.7 Å². The Morgan fingerprint density at radius 2 is 1.83 bits per heavy atom. The Bertz CT molecular complexity index is 1950. The van der Waals surface area contributed by atoms with Crippen molar-refractivity contribution in [3.05, 3.63) is 95.1 Å². The second-order valence-electron chi connectivity index (χ2n) is 11.4. The number of aromatic nitrogens is 3. The number of amides is 1. The molecule has 0 radical (unpaired) electrons. The van der Waals surface area contributed by atoms with Crippen LogP contribution in [0.3, 0.4) is 0 Å². The monoisotopic (exact) mass is 646 g/mol. The number of anilines is 1. The lowest BCUT2D eigenvalue weighted by atomic mass is 9.88. The topological polar surface area (TPSA) is 141 Å². The number of nitrogen functional groups attached to an aromatic ring is 1. The van der Waals surface area contributed by atoms with Crippen LogP contribution in [-0.4, -0.2) is 64.0 Å². The van der Waals surface area contributed by atoms with Crippen molar-refractivity contribution in [1.29, 1.82) is 0 Å². The molecule has 1 aliphatic heterocycles. The predicted octanol–water partition coefficient (Wildman–Crippen LogP) is 5.72.